The predicted molar refractivity (Wildman–Crippen MR) is 81.0 cm³/mol. The Morgan fingerprint density at radius 3 is 2.50 bits per heavy atom. The summed E-state index contributed by atoms with van der Waals surface area (Å²) in [6.07, 6.45) is 0. The highest BCUT2D eigenvalue weighted by Gasteiger charge is 2.23. The highest BCUT2D eigenvalue weighted by Crippen LogP contribution is 2.24. The van der Waals surface area contributed by atoms with Crippen LogP contribution in [0.3, 0.4) is 0 Å². The molecule has 2 rings (SSSR count). The first-order valence-electron chi connectivity index (χ1n) is 7.31. The summed E-state index contributed by atoms with van der Waals surface area (Å²) in [6.45, 7) is 9.28. The van der Waals surface area contributed by atoms with Crippen molar-refractivity contribution in [1.29, 1.82) is 0 Å². The van der Waals surface area contributed by atoms with Gasteiger partial charge in [-0.15, -0.1) is 0 Å². The van der Waals surface area contributed by atoms with E-state index in [0.717, 1.165) is 18.8 Å². The van der Waals surface area contributed by atoms with E-state index < -0.39 is 0 Å². The molecule has 0 saturated carbocycles. The number of hydrogen-bond acceptors (Lipinski definition) is 3. The fourth-order valence-electron chi connectivity index (χ4n) is 2.48. The average Bonchev–Trinajstić information content (AvgIpc) is 2.47. The van der Waals surface area contributed by atoms with Crippen molar-refractivity contribution in [2.75, 3.05) is 31.6 Å². The van der Waals surface area contributed by atoms with Gasteiger partial charge in [-0.25, -0.2) is 0 Å². The van der Waals surface area contributed by atoms with Crippen molar-refractivity contribution in [2.24, 2.45) is 0 Å². The van der Waals surface area contributed by atoms with Crippen molar-refractivity contribution >= 4 is 11.6 Å². The largest absolute Gasteiger partial charge is 0.379 e. The molecule has 0 radical (unpaired) electrons. The van der Waals surface area contributed by atoms with Crippen LogP contribution in [0.2, 0.25) is 0 Å². The lowest BCUT2D eigenvalue weighted by atomic mass is 10.0. The fourth-order valence-corrected chi connectivity index (χ4v) is 2.48. The molecule has 110 valence electrons. The maximum absolute atomic E-state index is 12.4. The Kier molecular flexibility index (Phi) is 5.15. The molecule has 1 aliphatic rings. The van der Waals surface area contributed by atoms with Crippen LogP contribution in [0.25, 0.3) is 0 Å². The lowest BCUT2D eigenvalue weighted by Gasteiger charge is -2.31. The summed E-state index contributed by atoms with van der Waals surface area (Å²) < 4.78 is 5.33. The SMILES string of the molecule is CC(C)c1ccccc1NC(=O)[C@@H](C)N1CCOCC1. The maximum Gasteiger partial charge on any atom is 0.241 e. The maximum atomic E-state index is 12.4. The summed E-state index contributed by atoms with van der Waals surface area (Å²) >= 11 is 0. The van der Waals surface area contributed by atoms with Crippen LogP contribution in [0.15, 0.2) is 24.3 Å². The van der Waals surface area contributed by atoms with Gasteiger partial charge in [0.05, 0.1) is 19.3 Å². The number of morpholine rings is 1. The number of para-hydroxylation sites is 1. The Bertz CT molecular complexity index is 454. The second kappa shape index (κ2) is 6.86. The van der Waals surface area contributed by atoms with Gasteiger partial charge in [0.2, 0.25) is 5.91 Å². The number of ether oxygens (including phenoxy) is 1. The summed E-state index contributed by atoms with van der Waals surface area (Å²) in [4.78, 5) is 14.6. The number of nitrogens with zero attached hydrogens (tertiary/aromatic N) is 1. The molecule has 1 saturated heterocycles. The Morgan fingerprint density at radius 1 is 1.20 bits per heavy atom. The highest BCUT2D eigenvalue weighted by atomic mass is 16.5. The van der Waals surface area contributed by atoms with Crippen molar-refractivity contribution in [3.05, 3.63) is 29.8 Å². The zero-order valence-electron chi connectivity index (χ0n) is 12.6. The van der Waals surface area contributed by atoms with Crippen LogP contribution in [0, 0.1) is 0 Å². The van der Waals surface area contributed by atoms with Crippen molar-refractivity contribution in [1.82, 2.24) is 4.90 Å². The highest BCUT2D eigenvalue weighted by molar-refractivity contribution is 5.95. The Balaban J connectivity index is 2.03. The first-order chi connectivity index (χ1) is 9.59. The van der Waals surface area contributed by atoms with E-state index in [2.05, 4.69) is 30.1 Å². The molecule has 4 heteroatoms. The molecule has 1 amide bonds. The fraction of sp³-hybridized carbons (Fsp3) is 0.562. The molecule has 1 atom stereocenters. The van der Waals surface area contributed by atoms with Gasteiger partial charge in [0, 0.05) is 18.8 Å². The Morgan fingerprint density at radius 2 is 1.85 bits per heavy atom. The molecule has 0 spiro atoms. The second-order valence-corrected chi connectivity index (χ2v) is 5.56. The van der Waals surface area contributed by atoms with Crippen LogP contribution in [0.1, 0.15) is 32.3 Å². The van der Waals surface area contributed by atoms with E-state index in [0.29, 0.717) is 19.1 Å². The second-order valence-electron chi connectivity index (χ2n) is 5.56. The number of amides is 1. The van der Waals surface area contributed by atoms with Crippen LogP contribution >= 0.6 is 0 Å². The van der Waals surface area contributed by atoms with Gasteiger partial charge in [0.25, 0.3) is 0 Å². The van der Waals surface area contributed by atoms with Crippen molar-refractivity contribution in [2.45, 2.75) is 32.7 Å². The molecule has 0 aliphatic carbocycles. The summed E-state index contributed by atoms with van der Waals surface area (Å²) in [7, 11) is 0. The van der Waals surface area contributed by atoms with Gasteiger partial charge >= 0.3 is 0 Å². The van der Waals surface area contributed by atoms with E-state index in [1.807, 2.05) is 25.1 Å². The monoisotopic (exact) mass is 276 g/mol. The number of anilines is 1. The van der Waals surface area contributed by atoms with Gasteiger partial charge in [0.15, 0.2) is 0 Å². The quantitative estimate of drug-likeness (QED) is 0.918. The normalized spacial score (nSPS) is 18.0. The number of benzene rings is 1. The third-order valence-electron chi connectivity index (χ3n) is 3.81. The number of rotatable bonds is 4. The molecule has 0 unspecified atom stereocenters. The molecule has 1 aromatic rings. The first kappa shape index (κ1) is 15.0. The van der Waals surface area contributed by atoms with E-state index in [1.165, 1.54) is 5.56 Å². The summed E-state index contributed by atoms with van der Waals surface area (Å²) in [6, 6.07) is 7.88. The molecule has 1 heterocycles. The summed E-state index contributed by atoms with van der Waals surface area (Å²) in [5.41, 5.74) is 2.10. The smallest absolute Gasteiger partial charge is 0.241 e. The van der Waals surface area contributed by atoms with E-state index >= 15 is 0 Å². The van der Waals surface area contributed by atoms with Crippen LogP contribution in [-0.2, 0) is 9.53 Å². The molecule has 1 aromatic carbocycles. The van der Waals surface area contributed by atoms with Gasteiger partial charge in [-0.05, 0) is 24.5 Å². The zero-order valence-corrected chi connectivity index (χ0v) is 12.6. The molecule has 0 bridgehead atoms. The number of hydrogen-bond donors (Lipinski definition) is 1. The van der Waals surface area contributed by atoms with Gasteiger partial charge in [-0.1, -0.05) is 32.0 Å². The molecule has 1 fully saturated rings. The van der Waals surface area contributed by atoms with Crippen molar-refractivity contribution in [3.8, 4) is 0 Å². The van der Waals surface area contributed by atoms with E-state index in [-0.39, 0.29) is 11.9 Å². The predicted octanol–water partition coefficient (Wildman–Crippen LogP) is 2.47. The lowest BCUT2D eigenvalue weighted by Crippen LogP contribution is -2.47. The third-order valence-corrected chi connectivity index (χ3v) is 3.81. The van der Waals surface area contributed by atoms with Gasteiger partial charge in [-0.2, -0.15) is 0 Å². The molecule has 1 aliphatic heterocycles. The summed E-state index contributed by atoms with van der Waals surface area (Å²) in [5.74, 6) is 0.449. The molecule has 0 aromatic heterocycles. The van der Waals surface area contributed by atoms with Gasteiger partial charge in [-0.3, -0.25) is 9.69 Å². The average molecular weight is 276 g/mol. The van der Waals surface area contributed by atoms with E-state index in [1.54, 1.807) is 0 Å². The van der Waals surface area contributed by atoms with Crippen molar-refractivity contribution in [3.63, 3.8) is 0 Å². The van der Waals surface area contributed by atoms with Gasteiger partial charge < -0.3 is 10.1 Å². The van der Waals surface area contributed by atoms with Crippen LogP contribution in [-0.4, -0.2) is 43.2 Å². The van der Waals surface area contributed by atoms with E-state index in [9.17, 15) is 4.79 Å². The minimum Gasteiger partial charge on any atom is -0.379 e. The number of carbonyl (C=O) groups excluding carboxylic acids is 1. The first-order valence-corrected chi connectivity index (χ1v) is 7.31. The van der Waals surface area contributed by atoms with E-state index in [4.69, 9.17) is 4.74 Å². The summed E-state index contributed by atoms with van der Waals surface area (Å²) in [5, 5.41) is 3.07. The number of carbonyl (C=O) groups is 1. The number of nitrogens with one attached hydrogen (secondary N) is 1. The minimum atomic E-state index is -0.126. The van der Waals surface area contributed by atoms with Crippen LogP contribution < -0.4 is 5.32 Å². The Hall–Kier alpha value is -1.39. The minimum absolute atomic E-state index is 0.0556. The topological polar surface area (TPSA) is 41.6 Å². The Labute approximate surface area is 121 Å². The molecule has 20 heavy (non-hydrogen) atoms. The van der Waals surface area contributed by atoms with Gasteiger partial charge in [0.1, 0.15) is 0 Å². The van der Waals surface area contributed by atoms with Crippen LogP contribution in [0.5, 0.6) is 0 Å². The molecule has 1 N–H and O–H groups in total. The standard InChI is InChI=1S/C16H24N2O2/c1-12(2)14-6-4-5-7-15(14)17-16(19)13(3)18-8-10-20-11-9-18/h4-7,12-13H,8-11H2,1-3H3,(H,17,19)/t13-/m1/s1. The molecule has 4 nitrogen and oxygen atoms in total. The molecular weight excluding hydrogens is 252 g/mol. The van der Waals surface area contributed by atoms with Crippen molar-refractivity contribution < 1.29 is 9.53 Å². The third kappa shape index (κ3) is 3.58. The van der Waals surface area contributed by atoms with Crippen LogP contribution in [0.4, 0.5) is 5.69 Å². The zero-order chi connectivity index (χ0) is 14.5. The lowest BCUT2D eigenvalue weighted by molar-refractivity contribution is -0.122. The molecular formula is C16H24N2O2.